The van der Waals surface area contributed by atoms with Crippen molar-refractivity contribution in [2.45, 2.75) is 45.6 Å². The molecular weight excluding hydrogens is 464 g/mol. The fourth-order valence-electron chi connectivity index (χ4n) is 5.25. The smallest absolute Gasteiger partial charge is 0.320 e. The van der Waals surface area contributed by atoms with Crippen LogP contribution in [0.25, 0.3) is 10.2 Å². The molecule has 5 heterocycles. The van der Waals surface area contributed by atoms with Gasteiger partial charge in [0.15, 0.2) is 0 Å². The van der Waals surface area contributed by atoms with E-state index < -0.39 is 0 Å². The van der Waals surface area contributed by atoms with Crippen LogP contribution in [0.15, 0.2) is 23.5 Å². The van der Waals surface area contributed by atoms with Crippen LogP contribution in [0, 0.1) is 0 Å². The van der Waals surface area contributed by atoms with Crippen LogP contribution in [0.4, 0.5) is 16.3 Å². The van der Waals surface area contributed by atoms with E-state index in [1.807, 2.05) is 35.9 Å². The molecule has 3 aliphatic heterocycles. The lowest BCUT2D eigenvalue weighted by Crippen LogP contribution is -2.53. The Labute approximate surface area is 207 Å². The fourth-order valence-corrected chi connectivity index (χ4v) is 6.46. The Bertz CT molecular complexity index is 1330. The average Bonchev–Trinajstić information content (AvgIpc) is 3.46. The summed E-state index contributed by atoms with van der Waals surface area (Å²) in [5.41, 5.74) is 4.32. The Morgan fingerprint density at radius 2 is 2.03 bits per heavy atom. The molecule has 0 radical (unpaired) electrons. The summed E-state index contributed by atoms with van der Waals surface area (Å²) in [4.78, 5) is 32.8. The van der Waals surface area contributed by atoms with Crippen molar-refractivity contribution in [3.05, 3.63) is 40.0 Å². The summed E-state index contributed by atoms with van der Waals surface area (Å²) in [6.45, 7) is 7.24. The lowest BCUT2D eigenvalue weighted by molar-refractivity contribution is -0.0585. The van der Waals surface area contributed by atoms with Crippen molar-refractivity contribution in [1.82, 2.24) is 19.8 Å². The Balaban J connectivity index is 1.29. The number of nitrogens with zero attached hydrogens (tertiary/aromatic N) is 5. The monoisotopic (exact) mass is 492 g/mol. The molecule has 3 aliphatic rings. The maximum Gasteiger partial charge on any atom is 0.320 e. The van der Waals surface area contributed by atoms with E-state index in [0.717, 1.165) is 45.0 Å². The highest BCUT2D eigenvalue weighted by Gasteiger charge is 2.32. The number of carbonyl (C=O) groups excluding carboxylic acids is 1. The standard InChI is InChI=1S/C25H28N6O3S/c1-14-10-31(11-15(2)34-14)25(32)30-5-4-18-21(12-30)35-24-22(18)23(27-13-28-24)29-19-6-16-8-26-9-17(16)7-20(19)33-3/h6-8,13-15H,4-5,9-12H2,1-3H3,(H,27,28,29)/t14-,15+. The summed E-state index contributed by atoms with van der Waals surface area (Å²) in [5.74, 6) is 1.52. The number of urea groups is 1. The molecule has 10 heteroatoms. The third-order valence-corrected chi connectivity index (χ3v) is 7.93. The Hall–Kier alpha value is -3.24. The van der Waals surface area contributed by atoms with Gasteiger partial charge in [-0.1, -0.05) is 0 Å². The zero-order valence-electron chi connectivity index (χ0n) is 20.1. The number of thiophene rings is 1. The van der Waals surface area contributed by atoms with E-state index in [-0.39, 0.29) is 18.2 Å². The summed E-state index contributed by atoms with van der Waals surface area (Å²) >= 11 is 1.64. The van der Waals surface area contributed by atoms with Crippen molar-refractivity contribution < 1.29 is 14.3 Å². The van der Waals surface area contributed by atoms with E-state index in [1.165, 1.54) is 10.4 Å². The number of ether oxygens (including phenoxy) is 2. The zero-order valence-corrected chi connectivity index (χ0v) is 20.9. The first-order valence-electron chi connectivity index (χ1n) is 11.9. The number of aliphatic imine (C=N–C) groups is 1. The van der Waals surface area contributed by atoms with E-state index >= 15 is 0 Å². The van der Waals surface area contributed by atoms with Gasteiger partial charge in [0.1, 0.15) is 22.7 Å². The first-order chi connectivity index (χ1) is 17.0. The predicted octanol–water partition coefficient (Wildman–Crippen LogP) is 3.96. The molecule has 35 heavy (non-hydrogen) atoms. The van der Waals surface area contributed by atoms with Crippen LogP contribution >= 0.6 is 11.3 Å². The summed E-state index contributed by atoms with van der Waals surface area (Å²) in [6, 6.07) is 4.18. The normalized spacial score (nSPS) is 21.2. The summed E-state index contributed by atoms with van der Waals surface area (Å²) in [7, 11) is 1.67. The number of hydrogen-bond acceptors (Lipinski definition) is 8. The van der Waals surface area contributed by atoms with Gasteiger partial charge in [-0.3, -0.25) is 4.99 Å². The van der Waals surface area contributed by atoms with Gasteiger partial charge in [-0.15, -0.1) is 11.3 Å². The number of carbonyl (C=O) groups is 1. The van der Waals surface area contributed by atoms with Crippen molar-refractivity contribution in [1.29, 1.82) is 0 Å². The Morgan fingerprint density at radius 1 is 1.20 bits per heavy atom. The number of nitrogens with one attached hydrogen (secondary N) is 1. The van der Waals surface area contributed by atoms with Crippen LogP contribution in [0.5, 0.6) is 5.75 Å². The Kier molecular flexibility index (Phi) is 5.57. The van der Waals surface area contributed by atoms with Gasteiger partial charge < -0.3 is 24.6 Å². The number of hydrogen-bond donors (Lipinski definition) is 1. The van der Waals surface area contributed by atoms with Gasteiger partial charge in [0, 0.05) is 30.7 Å². The molecule has 2 aromatic heterocycles. The third kappa shape index (κ3) is 4.00. The molecule has 0 unspecified atom stereocenters. The number of aromatic nitrogens is 2. The van der Waals surface area contributed by atoms with Crippen LogP contribution in [-0.4, -0.2) is 71.0 Å². The molecule has 0 bridgehead atoms. The summed E-state index contributed by atoms with van der Waals surface area (Å²) in [5, 5.41) is 4.53. The minimum atomic E-state index is 0.0544. The fraction of sp³-hybridized carbons (Fsp3) is 0.440. The first-order valence-corrected chi connectivity index (χ1v) is 12.7. The van der Waals surface area contributed by atoms with Crippen molar-refractivity contribution in [3.63, 3.8) is 0 Å². The van der Waals surface area contributed by atoms with Crippen molar-refractivity contribution in [3.8, 4) is 5.75 Å². The molecule has 3 aromatic rings. The quantitative estimate of drug-likeness (QED) is 0.595. The molecule has 1 N–H and O–H groups in total. The minimum Gasteiger partial charge on any atom is -0.495 e. The number of amides is 2. The number of methoxy groups -OCH3 is 1. The second kappa shape index (κ2) is 8.76. The van der Waals surface area contributed by atoms with Gasteiger partial charge in [0.25, 0.3) is 0 Å². The first kappa shape index (κ1) is 22.2. The summed E-state index contributed by atoms with van der Waals surface area (Å²) in [6.07, 6.45) is 4.36. The highest BCUT2D eigenvalue weighted by atomic mass is 32.1. The molecule has 1 fully saturated rings. The SMILES string of the molecule is COc1cc2c(cc1Nc1ncnc3sc4c(c13)CCN(C(=O)N1C[C@@H](C)O[C@@H](C)C1)C4)C=NC2. The Morgan fingerprint density at radius 3 is 2.83 bits per heavy atom. The third-order valence-electron chi connectivity index (χ3n) is 6.80. The predicted molar refractivity (Wildman–Crippen MR) is 136 cm³/mol. The molecule has 9 nitrogen and oxygen atoms in total. The molecule has 1 aromatic carbocycles. The maximum absolute atomic E-state index is 13.3. The van der Waals surface area contributed by atoms with Crippen molar-refractivity contribution in [2.75, 3.05) is 32.1 Å². The van der Waals surface area contributed by atoms with Crippen molar-refractivity contribution >= 4 is 45.3 Å². The number of benzene rings is 1. The van der Waals surface area contributed by atoms with E-state index in [9.17, 15) is 4.79 Å². The topological polar surface area (TPSA) is 92.2 Å². The maximum atomic E-state index is 13.3. The molecule has 2 atom stereocenters. The highest BCUT2D eigenvalue weighted by Crippen LogP contribution is 2.40. The molecule has 0 aliphatic carbocycles. The van der Waals surface area contributed by atoms with Gasteiger partial charge >= 0.3 is 6.03 Å². The van der Waals surface area contributed by atoms with Crippen LogP contribution in [0.2, 0.25) is 0 Å². The van der Waals surface area contributed by atoms with Gasteiger partial charge in [0.2, 0.25) is 0 Å². The molecule has 182 valence electrons. The number of rotatable bonds is 3. The molecule has 2 amide bonds. The molecule has 6 rings (SSSR count). The zero-order chi connectivity index (χ0) is 24.1. The van der Waals surface area contributed by atoms with Gasteiger partial charge in [-0.2, -0.15) is 0 Å². The second-order valence-electron chi connectivity index (χ2n) is 9.37. The van der Waals surface area contributed by atoms with E-state index in [2.05, 4.69) is 26.3 Å². The molecule has 1 saturated heterocycles. The van der Waals surface area contributed by atoms with Gasteiger partial charge in [0.05, 0.1) is 43.5 Å². The average molecular weight is 493 g/mol. The summed E-state index contributed by atoms with van der Waals surface area (Å²) < 4.78 is 11.4. The molecule has 0 saturated carbocycles. The van der Waals surface area contributed by atoms with Crippen LogP contribution in [-0.2, 0) is 24.2 Å². The van der Waals surface area contributed by atoms with Gasteiger partial charge in [-0.05, 0) is 49.1 Å². The van der Waals surface area contributed by atoms with E-state index in [0.29, 0.717) is 32.7 Å². The number of anilines is 2. The molecule has 0 spiro atoms. The van der Waals surface area contributed by atoms with Crippen LogP contribution in [0.3, 0.4) is 0 Å². The lowest BCUT2D eigenvalue weighted by Gasteiger charge is -2.39. The van der Waals surface area contributed by atoms with E-state index in [1.54, 1.807) is 24.8 Å². The largest absolute Gasteiger partial charge is 0.495 e. The van der Waals surface area contributed by atoms with E-state index in [4.69, 9.17) is 9.47 Å². The second-order valence-corrected chi connectivity index (χ2v) is 10.5. The van der Waals surface area contributed by atoms with Crippen LogP contribution in [0.1, 0.15) is 35.4 Å². The van der Waals surface area contributed by atoms with Gasteiger partial charge in [-0.25, -0.2) is 14.8 Å². The van der Waals surface area contributed by atoms with Crippen molar-refractivity contribution in [2.24, 2.45) is 4.99 Å². The number of morpholine rings is 1. The minimum absolute atomic E-state index is 0.0544. The lowest BCUT2D eigenvalue weighted by atomic mass is 10.0. The highest BCUT2D eigenvalue weighted by molar-refractivity contribution is 7.19. The molecular formula is C25H28N6O3S. The number of fused-ring (bicyclic) bond motifs is 4. The van der Waals surface area contributed by atoms with Crippen LogP contribution < -0.4 is 10.1 Å².